The molecule has 0 heterocycles. The summed E-state index contributed by atoms with van der Waals surface area (Å²) < 4.78 is 39.3. The third-order valence-electron chi connectivity index (χ3n) is 3.81. The van der Waals surface area contributed by atoms with Crippen LogP contribution in [0.1, 0.15) is 21.5 Å². The lowest BCUT2D eigenvalue weighted by Gasteiger charge is -2.12. The number of benzene rings is 2. The molecule has 0 saturated heterocycles. The van der Waals surface area contributed by atoms with Crippen LogP contribution in [0.2, 0.25) is 0 Å². The second-order valence-electron chi connectivity index (χ2n) is 5.55. The maximum atomic E-state index is 12.3. The normalized spacial score (nSPS) is 10.5. The van der Waals surface area contributed by atoms with Crippen molar-refractivity contribution >= 4 is 5.91 Å². The van der Waals surface area contributed by atoms with Gasteiger partial charge < -0.3 is 19.5 Å². The van der Waals surface area contributed by atoms with Crippen LogP contribution in [0.15, 0.2) is 36.4 Å². The number of alkyl halides is 2. The maximum Gasteiger partial charge on any atom is 0.387 e. The molecule has 0 saturated carbocycles. The Morgan fingerprint density at radius 3 is 2.42 bits per heavy atom. The molecule has 0 bridgehead atoms. The molecule has 2 aromatic rings. The van der Waals surface area contributed by atoms with Crippen LogP contribution in [-0.4, -0.2) is 33.3 Å². The van der Waals surface area contributed by atoms with Gasteiger partial charge in [-0.15, -0.1) is 0 Å². The van der Waals surface area contributed by atoms with Gasteiger partial charge in [-0.05, 0) is 48.7 Å². The molecule has 5 nitrogen and oxygen atoms in total. The molecule has 0 fully saturated rings. The number of aryl methyl sites for hydroxylation is 1. The van der Waals surface area contributed by atoms with Crippen LogP contribution in [-0.2, 0) is 6.42 Å². The number of hydrogen-bond acceptors (Lipinski definition) is 4. The van der Waals surface area contributed by atoms with Crippen molar-refractivity contribution in [1.82, 2.24) is 5.32 Å². The monoisotopic (exact) mass is 365 g/mol. The summed E-state index contributed by atoms with van der Waals surface area (Å²) in [5.74, 6) is 0.629. The number of carbonyl (C=O) groups is 1. The maximum absolute atomic E-state index is 12.3. The van der Waals surface area contributed by atoms with E-state index >= 15 is 0 Å². The number of nitrogens with one attached hydrogen (secondary N) is 1. The zero-order chi connectivity index (χ0) is 19.1. The van der Waals surface area contributed by atoms with E-state index in [1.165, 1.54) is 13.2 Å². The minimum atomic E-state index is -2.92. The van der Waals surface area contributed by atoms with E-state index in [0.717, 1.165) is 11.1 Å². The zero-order valence-electron chi connectivity index (χ0n) is 14.8. The highest BCUT2D eigenvalue weighted by Gasteiger charge is 2.12. The fourth-order valence-corrected chi connectivity index (χ4v) is 2.44. The fraction of sp³-hybridized carbons (Fsp3) is 0.316. The van der Waals surface area contributed by atoms with Crippen molar-refractivity contribution in [2.45, 2.75) is 20.0 Å². The summed E-state index contributed by atoms with van der Waals surface area (Å²) in [4.78, 5) is 12.2. The third kappa shape index (κ3) is 5.08. The van der Waals surface area contributed by atoms with E-state index in [2.05, 4.69) is 10.1 Å². The Morgan fingerprint density at radius 2 is 1.77 bits per heavy atom. The summed E-state index contributed by atoms with van der Waals surface area (Å²) in [6, 6.07) is 9.92. The molecular weight excluding hydrogens is 344 g/mol. The summed E-state index contributed by atoms with van der Waals surface area (Å²) in [6.07, 6.45) is 0.514. The van der Waals surface area contributed by atoms with Crippen LogP contribution < -0.4 is 19.5 Å². The van der Waals surface area contributed by atoms with Gasteiger partial charge in [0.25, 0.3) is 5.91 Å². The van der Waals surface area contributed by atoms with Crippen molar-refractivity contribution in [3.05, 3.63) is 53.1 Å². The Morgan fingerprint density at radius 1 is 1.04 bits per heavy atom. The second-order valence-corrected chi connectivity index (χ2v) is 5.55. The van der Waals surface area contributed by atoms with Gasteiger partial charge in [0.2, 0.25) is 0 Å². The van der Waals surface area contributed by atoms with Crippen LogP contribution >= 0.6 is 0 Å². The first-order valence-corrected chi connectivity index (χ1v) is 7.99. The Labute approximate surface area is 150 Å². The smallest absolute Gasteiger partial charge is 0.387 e. The van der Waals surface area contributed by atoms with E-state index in [-0.39, 0.29) is 17.4 Å². The fourth-order valence-electron chi connectivity index (χ4n) is 2.44. The second kappa shape index (κ2) is 9.03. The van der Waals surface area contributed by atoms with E-state index < -0.39 is 6.61 Å². The van der Waals surface area contributed by atoms with Crippen LogP contribution in [0.4, 0.5) is 8.78 Å². The topological polar surface area (TPSA) is 56.8 Å². The van der Waals surface area contributed by atoms with Gasteiger partial charge in [-0.2, -0.15) is 8.78 Å². The summed E-state index contributed by atoms with van der Waals surface area (Å²) in [5.41, 5.74) is 2.28. The van der Waals surface area contributed by atoms with Crippen molar-refractivity contribution in [1.29, 1.82) is 0 Å². The molecule has 0 aliphatic heterocycles. The standard InChI is InChI=1S/C19H21F2NO4/c1-12-4-6-14(11-16(12)24-2)18(23)22-9-8-13-5-7-15(26-19(20)21)17(10-13)25-3/h4-7,10-11,19H,8-9H2,1-3H3,(H,22,23). The molecule has 2 rings (SSSR count). The SMILES string of the molecule is COc1cc(C(=O)NCCc2ccc(OC(F)F)c(OC)c2)ccc1C. The molecule has 1 amide bonds. The van der Waals surface area contributed by atoms with Gasteiger partial charge in [0.05, 0.1) is 14.2 Å². The highest BCUT2D eigenvalue weighted by molar-refractivity contribution is 5.94. The molecule has 0 atom stereocenters. The van der Waals surface area contributed by atoms with E-state index in [1.54, 1.807) is 31.4 Å². The van der Waals surface area contributed by atoms with Crippen molar-refractivity contribution in [3.63, 3.8) is 0 Å². The average Bonchev–Trinajstić information content (AvgIpc) is 2.62. The molecule has 26 heavy (non-hydrogen) atoms. The number of ether oxygens (including phenoxy) is 3. The predicted octanol–water partition coefficient (Wildman–Crippen LogP) is 3.59. The molecule has 0 radical (unpaired) electrons. The van der Waals surface area contributed by atoms with E-state index in [4.69, 9.17) is 9.47 Å². The van der Waals surface area contributed by atoms with Crippen LogP contribution in [0.25, 0.3) is 0 Å². The molecule has 0 aromatic heterocycles. The first-order valence-electron chi connectivity index (χ1n) is 7.99. The molecule has 0 unspecified atom stereocenters. The van der Waals surface area contributed by atoms with Crippen LogP contribution in [0, 0.1) is 6.92 Å². The molecule has 0 spiro atoms. The molecular formula is C19H21F2NO4. The van der Waals surface area contributed by atoms with Crippen LogP contribution in [0.5, 0.6) is 17.2 Å². The molecule has 0 aliphatic rings. The third-order valence-corrected chi connectivity index (χ3v) is 3.81. The molecule has 1 N–H and O–H groups in total. The summed E-state index contributed by atoms with van der Waals surface area (Å²) >= 11 is 0. The minimum absolute atomic E-state index is 0.0259. The van der Waals surface area contributed by atoms with Gasteiger partial charge in [0.1, 0.15) is 5.75 Å². The van der Waals surface area contributed by atoms with Gasteiger partial charge in [0, 0.05) is 12.1 Å². The van der Waals surface area contributed by atoms with Gasteiger partial charge in [-0.3, -0.25) is 4.79 Å². The van der Waals surface area contributed by atoms with Crippen molar-refractivity contribution in [2.75, 3.05) is 20.8 Å². The summed E-state index contributed by atoms with van der Waals surface area (Å²) in [6.45, 7) is -0.636. The molecule has 140 valence electrons. The Bertz CT molecular complexity index is 765. The lowest BCUT2D eigenvalue weighted by molar-refractivity contribution is -0.0512. The van der Waals surface area contributed by atoms with E-state index in [0.29, 0.717) is 24.3 Å². The summed E-state index contributed by atoms with van der Waals surface area (Å²) in [7, 11) is 2.93. The van der Waals surface area contributed by atoms with Crippen molar-refractivity contribution in [3.8, 4) is 17.2 Å². The highest BCUT2D eigenvalue weighted by atomic mass is 19.3. The molecule has 2 aromatic carbocycles. The van der Waals surface area contributed by atoms with Crippen molar-refractivity contribution < 1.29 is 27.8 Å². The van der Waals surface area contributed by atoms with Gasteiger partial charge in [0.15, 0.2) is 11.5 Å². The van der Waals surface area contributed by atoms with Crippen molar-refractivity contribution in [2.24, 2.45) is 0 Å². The van der Waals surface area contributed by atoms with Gasteiger partial charge >= 0.3 is 6.61 Å². The minimum Gasteiger partial charge on any atom is -0.496 e. The highest BCUT2D eigenvalue weighted by Crippen LogP contribution is 2.29. The van der Waals surface area contributed by atoms with E-state index in [1.807, 2.05) is 13.0 Å². The first-order chi connectivity index (χ1) is 12.4. The number of rotatable bonds is 8. The number of hydrogen-bond donors (Lipinski definition) is 1. The zero-order valence-corrected chi connectivity index (χ0v) is 14.8. The number of carbonyl (C=O) groups excluding carboxylic acids is 1. The Balaban J connectivity index is 1.95. The quantitative estimate of drug-likeness (QED) is 0.777. The largest absolute Gasteiger partial charge is 0.496 e. The number of amides is 1. The first kappa shape index (κ1) is 19.5. The van der Waals surface area contributed by atoms with Crippen LogP contribution in [0.3, 0.4) is 0 Å². The molecule has 0 aliphatic carbocycles. The summed E-state index contributed by atoms with van der Waals surface area (Å²) in [5, 5.41) is 2.82. The number of halogens is 2. The predicted molar refractivity (Wildman–Crippen MR) is 93.4 cm³/mol. The lowest BCUT2D eigenvalue weighted by Crippen LogP contribution is -2.25. The lowest BCUT2D eigenvalue weighted by atomic mass is 10.1. The van der Waals surface area contributed by atoms with Gasteiger partial charge in [-0.1, -0.05) is 12.1 Å². The molecule has 7 heteroatoms. The van der Waals surface area contributed by atoms with E-state index in [9.17, 15) is 13.6 Å². The Hall–Kier alpha value is -2.83. The Kier molecular flexibility index (Phi) is 6.77. The average molecular weight is 365 g/mol. The van der Waals surface area contributed by atoms with Gasteiger partial charge in [-0.25, -0.2) is 0 Å². The number of methoxy groups -OCH3 is 2.